The van der Waals surface area contributed by atoms with Crippen LogP contribution in [0.4, 0.5) is 4.39 Å². The molecular weight excluding hydrogens is 179 g/mol. The number of methoxy groups -OCH3 is 1. The average Bonchev–Trinajstić information content (AvgIpc) is 2.47. The lowest BCUT2D eigenvalue weighted by molar-refractivity contribution is -0.244. The molecule has 4 atom stereocenters. The fourth-order valence-corrected chi connectivity index (χ4v) is 1.70. The van der Waals surface area contributed by atoms with Crippen LogP contribution in [0.5, 0.6) is 0 Å². The quantitative estimate of drug-likeness (QED) is 0.616. The molecule has 2 aliphatic rings. The highest BCUT2D eigenvalue weighted by Gasteiger charge is 2.56. The van der Waals surface area contributed by atoms with Gasteiger partial charge in [0, 0.05) is 7.11 Å². The topological polar surface area (TPSA) is 36.9 Å². The van der Waals surface area contributed by atoms with Gasteiger partial charge in [0.2, 0.25) is 6.36 Å². The molecule has 2 aliphatic heterocycles. The fraction of sp³-hybridized carbons (Fsp3) is 1.00. The summed E-state index contributed by atoms with van der Waals surface area (Å²) >= 11 is 0. The Kier molecular flexibility index (Phi) is 2.07. The highest BCUT2D eigenvalue weighted by atomic mass is 19.1. The van der Waals surface area contributed by atoms with Crippen LogP contribution in [-0.2, 0) is 18.9 Å². The molecule has 5 heteroatoms. The van der Waals surface area contributed by atoms with Crippen LogP contribution in [0, 0.1) is 0 Å². The van der Waals surface area contributed by atoms with E-state index in [9.17, 15) is 4.39 Å². The number of halogens is 1. The third-order valence-corrected chi connectivity index (χ3v) is 2.19. The lowest BCUT2D eigenvalue weighted by atomic mass is 10.2. The second kappa shape index (κ2) is 2.88. The summed E-state index contributed by atoms with van der Waals surface area (Å²) in [6.45, 7) is 3.48. The molecule has 2 saturated heterocycles. The lowest BCUT2D eigenvalue weighted by Gasteiger charge is -2.21. The van der Waals surface area contributed by atoms with Crippen molar-refractivity contribution in [2.75, 3.05) is 7.11 Å². The van der Waals surface area contributed by atoms with Crippen molar-refractivity contribution in [3.05, 3.63) is 0 Å². The first-order valence-electron chi connectivity index (χ1n) is 4.21. The normalized spacial score (nSPS) is 48.0. The van der Waals surface area contributed by atoms with Crippen molar-refractivity contribution in [1.29, 1.82) is 0 Å². The lowest BCUT2D eigenvalue weighted by Crippen LogP contribution is -2.30. The summed E-state index contributed by atoms with van der Waals surface area (Å²) in [7, 11) is 1.45. The van der Waals surface area contributed by atoms with E-state index in [2.05, 4.69) is 0 Å². The molecule has 4 nitrogen and oxygen atoms in total. The van der Waals surface area contributed by atoms with E-state index >= 15 is 0 Å². The molecule has 0 saturated carbocycles. The van der Waals surface area contributed by atoms with Gasteiger partial charge in [-0.05, 0) is 13.8 Å². The molecule has 0 aliphatic carbocycles. The van der Waals surface area contributed by atoms with Crippen LogP contribution in [0.2, 0.25) is 0 Å². The Morgan fingerprint density at radius 2 is 1.85 bits per heavy atom. The molecule has 0 aromatic heterocycles. The molecule has 0 N–H and O–H groups in total. The Hall–Kier alpha value is -0.230. The van der Waals surface area contributed by atoms with Gasteiger partial charge in [-0.2, -0.15) is 0 Å². The molecule has 1 unspecified atom stereocenters. The molecule has 0 radical (unpaired) electrons. The Bertz CT molecular complexity index is 208. The van der Waals surface area contributed by atoms with E-state index in [1.807, 2.05) is 0 Å². The molecule has 2 heterocycles. The Labute approximate surface area is 75.9 Å². The first-order chi connectivity index (χ1) is 6.03. The predicted molar refractivity (Wildman–Crippen MR) is 40.6 cm³/mol. The summed E-state index contributed by atoms with van der Waals surface area (Å²) in [6.07, 6.45) is -3.26. The van der Waals surface area contributed by atoms with Gasteiger partial charge in [0.05, 0.1) is 0 Å². The minimum Gasteiger partial charge on any atom is -0.353 e. The molecule has 0 amide bonds. The minimum atomic E-state index is -1.46. The van der Waals surface area contributed by atoms with E-state index in [1.165, 1.54) is 7.11 Å². The summed E-state index contributed by atoms with van der Waals surface area (Å²) in [5.41, 5.74) is 0. The first-order valence-corrected chi connectivity index (χ1v) is 4.21. The van der Waals surface area contributed by atoms with Gasteiger partial charge in [-0.1, -0.05) is 0 Å². The molecule has 13 heavy (non-hydrogen) atoms. The Morgan fingerprint density at radius 1 is 1.23 bits per heavy atom. The summed E-state index contributed by atoms with van der Waals surface area (Å²) in [5, 5.41) is 0. The number of hydrogen-bond acceptors (Lipinski definition) is 4. The number of ether oxygens (including phenoxy) is 4. The van der Waals surface area contributed by atoms with E-state index in [-0.39, 0.29) is 0 Å². The van der Waals surface area contributed by atoms with Crippen molar-refractivity contribution in [1.82, 2.24) is 0 Å². The molecular formula is C8H13FO4. The van der Waals surface area contributed by atoms with Crippen molar-refractivity contribution < 1.29 is 23.3 Å². The monoisotopic (exact) mass is 192 g/mol. The number of hydrogen-bond donors (Lipinski definition) is 0. The maximum atomic E-state index is 13.2. The van der Waals surface area contributed by atoms with Gasteiger partial charge in [0.15, 0.2) is 12.1 Å². The molecule has 2 fully saturated rings. The van der Waals surface area contributed by atoms with Crippen LogP contribution < -0.4 is 0 Å². The molecule has 76 valence electrons. The third kappa shape index (κ3) is 1.46. The van der Waals surface area contributed by atoms with Crippen LogP contribution in [0.3, 0.4) is 0 Å². The van der Waals surface area contributed by atoms with Gasteiger partial charge in [0.1, 0.15) is 12.2 Å². The number of rotatable bonds is 1. The summed E-state index contributed by atoms with van der Waals surface area (Å²) in [6, 6.07) is 0. The Balaban J connectivity index is 2.12. The third-order valence-electron chi connectivity index (χ3n) is 2.19. The maximum absolute atomic E-state index is 13.2. The predicted octanol–water partition coefficient (Wildman–Crippen LogP) is 0.805. The number of fused-ring (bicyclic) bond motifs is 1. The standard InChI is InChI=1S/C8H13FO4/c1-8(2)12-4-5(13-8)7(10-3)11-6(4)9/h4-7H,1-3H3/t4-,5?,6-,7+/m0/s1. The summed E-state index contributed by atoms with van der Waals surface area (Å²) < 4.78 is 33.7. The Morgan fingerprint density at radius 3 is 2.46 bits per heavy atom. The fourth-order valence-electron chi connectivity index (χ4n) is 1.70. The van der Waals surface area contributed by atoms with E-state index in [0.717, 1.165) is 0 Å². The van der Waals surface area contributed by atoms with Gasteiger partial charge in [-0.15, -0.1) is 0 Å². The van der Waals surface area contributed by atoms with Crippen LogP contribution >= 0.6 is 0 Å². The average molecular weight is 192 g/mol. The van der Waals surface area contributed by atoms with Gasteiger partial charge < -0.3 is 18.9 Å². The van der Waals surface area contributed by atoms with Crippen LogP contribution in [0.1, 0.15) is 13.8 Å². The highest BCUT2D eigenvalue weighted by Crippen LogP contribution is 2.39. The van der Waals surface area contributed by atoms with Crippen molar-refractivity contribution >= 4 is 0 Å². The highest BCUT2D eigenvalue weighted by molar-refractivity contribution is 4.90. The second-order valence-corrected chi connectivity index (χ2v) is 3.66. The maximum Gasteiger partial charge on any atom is 0.230 e. The smallest absolute Gasteiger partial charge is 0.230 e. The molecule has 0 aromatic carbocycles. The van der Waals surface area contributed by atoms with Crippen LogP contribution in [0.15, 0.2) is 0 Å². The second-order valence-electron chi connectivity index (χ2n) is 3.66. The van der Waals surface area contributed by atoms with Gasteiger partial charge in [0.25, 0.3) is 0 Å². The van der Waals surface area contributed by atoms with E-state index in [0.29, 0.717) is 0 Å². The minimum absolute atomic E-state index is 0.463. The first kappa shape index (κ1) is 9.33. The molecule has 0 aromatic rings. The molecule has 0 bridgehead atoms. The number of alkyl halides is 1. The van der Waals surface area contributed by atoms with Crippen LogP contribution in [-0.4, -0.2) is 37.8 Å². The van der Waals surface area contributed by atoms with E-state index in [1.54, 1.807) is 13.8 Å². The summed E-state index contributed by atoms with van der Waals surface area (Å²) in [4.78, 5) is 0. The molecule has 0 spiro atoms. The van der Waals surface area contributed by atoms with Crippen molar-refractivity contribution in [3.63, 3.8) is 0 Å². The van der Waals surface area contributed by atoms with Crippen molar-refractivity contribution in [2.24, 2.45) is 0 Å². The van der Waals surface area contributed by atoms with E-state index in [4.69, 9.17) is 18.9 Å². The summed E-state index contributed by atoms with van der Waals surface area (Å²) in [5.74, 6) is -0.750. The largest absolute Gasteiger partial charge is 0.353 e. The van der Waals surface area contributed by atoms with Gasteiger partial charge in [-0.3, -0.25) is 0 Å². The van der Waals surface area contributed by atoms with E-state index < -0.39 is 30.6 Å². The zero-order valence-electron chi connectivity index (χ0n) is 7.82. The van der Waals surface area contributed by atoms with Crippen molar-refractivity contribution in [2.45, 2.75) is 44.5 Å². The van der Waals surface area contributed by atoms with Gasteiger partial charge in [-0.25, -0.2) is 4.39 Å². The zero-order valence-corrected chi connectivity index (χ0v) is 7.82. The van der Waals surface area contributed by atoms with Crippen molar-refractivity contribution in [3.8, 4) is 0 Å². The van der Waals surface area contributed by atoms with Gasteiger partial charge >= 0.3 is 0 Å². The zero-order chi connectivity index (χ0) is 9.64. The SMILES string of the molecule is CO[C@@H]1O[C@H](F)[C@H]2OC(C)(C)OC12. The van der Waals surface area contributed by atoms with Crippen LogP contribution in [0.25, 0.3) is 0 Å². The molecule has 2 rings (SSSR count).